The van der Waals surface area contributed by atoms with Gasteiger partial charge >= 0.3 is 0 Å². The number of carbonyl (C=O) groups is 1. The lowest BCUT2D eigenvalue weighted by atomic mass is 10.0. The minimum atomic E-state index is -0.858. The van der Waals surface area contributed by atoms with E-state index in [0.29, 0.717) is 5.69 Å². The van der Waals surface area contributed by atoms with Crippen molar-refractivity contribution < 1.29 is 24.1 Å². The van der Waals surface area contributed by atoms with Crippen LogP contribution in [0.3, 0.4) is 0 Å². The van der Waals surface area contributed by atoms with Crippen molar-refractivity contribution in [3.63, 3.8) is 0 Å². The maximum Gasteiger partial charge on any atom is 0.228 e. The summed E-state index contributed by atoms with van der Waals surface area (Å²) in [6, 6.07) is 22.4. The number of hydrogen-bond donors (Lipinski definition) is 4. The van der Waals surface area contributed by atoms with Gasteiger partial charge in [-0.2, -0.15) is 0 Å². The number of likely N-dealkylation sites (tertiary alicyclic amines) is 2. The third-order valence-electron chi connectivity index (χ3n) is 13.8. The highest BCUT2D eigenvalue weighted by atomic mass is 16.5. The fourth-order valence-electron chi connectivity index (χ4n) is 9.88. The fraction of sp³-hybridized carbons (Fsp3) is 0.449. The van der Waals surface area contributed by atoms with Crippen molar-refractivity contribution in [1.29, 1.82) is 0 Å². The summed E-state index contributed by atoms with van der Waals surface area (Å²) in [6.07, 6.45) is 8.82. The molecule has 0 radical (unpaired) electrons. The van der Waals surface area contributed by atoms with E-state index in [4.69, 9.17) is 35.7 Å². The van der Waals surface area contributed by atoms with Gasteiger partial charge in [0.05, 0.1) is 65.0 Å². The van der Waals surface area contributed by atoms with Gasteiger partial charge in [0.1, 0.15) is 17.8 Å². The molecule has 5 aromatic rings. The molecular weight excluding hydrogens is 781 g/mol. The van der Waals surface area contributed by atoms with Gasteiger partial charge in [0.15, 0.2) is 0 Å². The predicted octanol–water partition coefficient (Wildman–Crippen LogP) is 7.67. The standard InChI is InChI=1S/C49H60N8O5/c1-28(29(2)60-4)47(58)55-21-9-15-41(55)38-14-7-6-13-37(53-38)31-18-20-40-34(23-31)25-43-36-19-17-32(26-44(36)62-49(57(40)43)33-11-8-12-35(50)24-33)39-27-52-46(54-39)42-16-10-22-56(42)48(59)45(51)30(3)61-5/h8,11-13,17-20,23-30,41-42,45,48-49,59H,6-7,9-10,14-16,21-22,50-51H2,1-5H3,(H,52,54). The average molecular weight is 841 g/mol. The van der Waals surface area contributed by atoms with Crippen LogP contribution < -0.4 is 16.2 Å². The van der Waals surface area contributed by atoms with E-state index in [1.54, 1.807) is 14.2 Å². The van der Waals surface area contributed by atoms with Crippen LogP contribution in [0, 0.1) is 5.92 Å². The second-order valence-corrected chi connectivity index (χ2v) is 17.5. The number of rotatable bonds is 12. The Balaban J connectivity index is 1.04. The molecule has 62 heavy (non-hydrogen) atoms. The number of aliphatic hydroxyl groups excluding tert-OH is 1. The van der Waals surface area contributed by atoms with Crippen molar-refractivity contribution in [2.24, 2.45) is 16.6 Å². The van der Waals surface area contributed by atoms with Crippen LogP contribution in [-0.2, 0) is 14.3 Å². The number of hydrogen-bond acceptors (Lipinski definition) is 10. The smallest absolute Gasteiger partial charge is 0.228 e. The first-order valence-corrected chi connectivity index (χ1v) is 22.2. The number of aromatic nitrogens is 3. The molecule has 2 fully saturated rings. The number of anilines is 1. The molecule has 13 nitrogen and oxygen atoms in total. The lowest BCUT2D eigenvalue weighted by molar-refractivity contribution is -0.138. The summed E-state index contributed by atoms with van der Waals surface area (Å²) in [5, 5.41) is 12.3. The number of amides is 1. The molecule has 4 aliphatic heterocycles. The normalized spacial score (nSPS) is 22.8. The Bertz CT molecular complexity index is 2510. The molecule has 2 saturated heterocycles. The van der Waals surface area contributed by atoms with E-state index < -0.39 is 18.5 Å². The molecule has 6 N–H and O–H groups in total. The first kappa shape index (κ1) is 42.0. The van der Waals surface area contributed by atoms with E-state index in [1.165, 1.54) is 0 Å². The Morgan fingerprint density at radius 2 is 1.73 bits per heavy atom. The Morgan fingerprint density at radius 1 is 0.935 bits per heavy atom. The minimum Gasteiger partial charge on any atom is -0.465 e. The SMILES string of the molecule is COC(C)C(C)C(=O)N1CCCC1C1=NC(c2ccc3c(c2)cc2n3C(c3cccc(N)c3)Oc3cc(-c4cnc(C5CCCN5C(O)C(N)C(C)OC)[nH]4)ccc3-2)=CCCC1. The Hall–Kier alpha value is -5.31. The van der Waals surface area contributed by atoms with Crippen molar-refractivity contribution in [3.05, 3.63) is 96.0 Å². The second kappa shape index (κ2) is 17.5. The quantitative estimate of drug-likeness (QED) is 0.0922. The number of allylic oxidation sites excluding steroid dienone is 1. The zero-order valence-corrected chi connectivity index (χ0v) is 36.5. The third-order valence-corrected chi connectivity index (χ3v) is 13.8. The number of aromatic amines is 1. The van der Waals surface area contributed by atoms with Crippen LogP contribution in [0.25, 0.3) is 39.1 Å². The Morgan fingerprint density at radius 3 is 2.53 bits per heavy atom. The maximum atomic E-state index is 13.7. The molecule has 8 unspecified atom stereocenters. The van der Waals surface area contributed by atoms with Gasteiger partial charge < -0.3 is 45.2 Å². The number of aliphatic hydroxyl groups is 1. The van der Waals surface area contributed by atoms with Crippen LogP contribution in [0.4, 0.5) is 5.69 Å². The summed E-state index contributed by atoms with van der Waals surface area (Å²) in [6.45, 7) is 7.28. The zero-order chi connectivity index (χ0) is 43.2. The lowest BCUT2D eigenvalue weighted by Crippen LogP contribution is -2.53. The molecule has 4 aliphatic rings. The molecule has 3 aromatic carbocycles. The topological polar surface area (TPSA) is 169 Å². The minimum absolute atomic E-state index is 0.00576. The third kappa shape index (κ3) is 7.74. The van der Waals surface area contributed by atoms with Crippen LogP contribution in [-0.4, -0.2) is 98.9 Å². The number of nitrogens with two attached hydrogens (primary N) is 2. The number of imidazole rings is 1. The average Bonchev–Trinajstić information content (AvgIpc) is 4.12. The molecule has 0 aliphatic carbocycles. The predicted molar refractivity (Wildman–Crippen MR) is 243 cm³/mol. The lowest BCUT2D eigenvalue weighted by Gasteiger charge is -2.34. The van der Waals surface area contributed by atoms with E-state index in [1.807, 2.05) is 55.0 Å². The second-order valence-electron chi connectivity index (χ2n) is 17.5. The summed E-state index contributed by atoms with van der Waals surface area (Å²) < 4.78 is 20.2. The highest BCUT2D eigenvalue weighted by Crippen LogP contribution is 2.46. The number of fused-ring (bicyclic) bond motifs is 5. The largest absolute Gasteiger partial charge is 0.465 e. The summed E-state index contributed by atoms with van der Waals surface area (Å²) in [5.41, 5.74) is 22.3. The molecular formula is C49H60N8O5. The number of methoxy groups -OCH3 is 2. The van der Waals surface area contributed by atoms with Gasteiger partial charge in [-0.15, -0.1) is 0 Å². The summed E-state index contributed by atoms with van der Waals surface area (Å²) in [4.78, 5) is 31.5. The molecule has 1 amide bonds. The van der Waals surface area contributed by atoms with E-state index in [2.05, 4.69) is 64.2 Å². The van der Waals surface area contributed by atoms with Crippen LogP contribution in [0.2, 0.25) is 0 Å². The number of benzene rings is 3. The first-order valence-electron chi connectivity index (χ1n) is 22.2. The molecule has 0 spiro atoms. The van der Waals surface area contributed by atoms with Crippen LogP contribution in [0.15, 0.2) is 84.0 Å². The van der Waals surface area contributed by atoms with E-state index >= 15 is 0 Å². The molecule has 9 rings (SSSR count). The van der Waals surface area contributed by atoms with Gasteiger partial charge in [0.25, 0.3) is 0 Å². The van der Waals surface area contributed by atoms with E-state index in [-0.39, 0.29) is 36.1 Å². The van der Waals surface area contributed by atoms with Gasteiger partial charge in [-0.3, -0.25) is 14.7 Å². The van der Waals surface area contributed by atoms with Gasteiger partial charge in [-0.05, 0) is 101 Å². The van der Waals surface area contributed by atoms with Crippen molar-refractivity contribution in [2.75, 3.05) is 33.0 Å². The number of H-pyrrole nitrogens is 1. The van der Waals surface area contributed by atoms with E-state index in [0.717, 1.165) is 126 Å². The fourth-order valence-corrected chi connectivity index (χ4v) is 9.88. The highest BCUT2D eigenvalue weighted by Gasteiger charge is 2.38. The molecule has 0 bridgehead atoms. The number of nitrogens with one attached hydrogen (secondary N) is 1. The van der Waals surface area contributed by atoms with Crippen molar-refractivity contribution in [2.45, 2.75) is 109 Å². The monoisotopic (exact) mass is 840 g/mol. The van der Waals surface area contributed by atoms with Crippen LogP contribution in [0.5, 0.6) is 5.75 Å². The summed E-state index contributed by atoms with van der Waals surface area (Å²) >= 11 is 0. The Labute approximate surface area is 363 Å². The number of nitrogen functional groups attached to an aromatic ring is 1. The molecule has 0 saturated carbocycles. The van der Waals surface area contributed by atoms with E-state index in [9.17, 15) is 9.90 Å². The van der Waals surface area contributed by atoms with Gasteiger partial charge in [0.2, 0.25) is 12.1 Å². The van der Waals surface area contributed by atoms with Gasteiger partial charge in [-0.1, -0.05) is 37.3 Å². The zero-order valence-electron chi connectivity index (χ0n) is 36.5. The van der Waals surface area contributed by atoms with Crippen molar-refractivity contribution in [1.82, 2.24) is 24.3 Å². The number of aliphatic imine (C=N–C) groups is 1. The summed E-state index contributed by atoms with van der Waals surface area (Å²) in [7, 11) is 3.27. The Kier molecular flexibility index (Phi) is 11.8. The summed E-state index contributed by atoms with van der Waals surface area (Å²) in [5.74, 6) is 1.47. The van der Waals surface area contributed by atoms with Gasteiger partial charge in [-0.25, -0.2) is 4.98 Å². The van der Waals surface area contributed by atoms with Gasteiger partial charge in [0, 0.05) is 66.3 Å². The number of ether oxygens (including phenoxy) is 3. The number of carbonyl (C=O) groups excluding carboxylic acids is 1. The molecule has 6 heterocycles. The molecule has 326 valence electrons. The van der Waals surface area contributed by atoms with Crippen molar-refractivity contribution in [3.8, 4) is 28.3 Å². The first-order chi connectivity index (χ1) is 30.0. The number of nitrogens with zero attached hydrogens (tertiary/aromatic N) is 5. The molecule has 2 aromatic heterocycles. The maximum absolute atomic E-state index is 13.7. The van der Waals surface area contributed by atoms with Crippen LogP contribution in [0.1, 0.15) is 94.9 Å². The van der Waals surface area contributed by atoms with Crippen LogP contribution >= 0.6 is 0 Å². The molecule has 13 heteroatoms. The highest BCUT2D eigenvalue weighted by molar-refractivity contribution is 5.99. The van der Waals surface area contributed by atoms with Crippen molar-refractivity contribution >= 4 is 33.9 Å². The molecule has 8 atom stereocenters.